The molecule has 1 aliphatic rings. The first-order valence-corrected chi connectivity index (χ1v) is 14.8. The van der Waals surface area contributed by atoms with Gasteiger partial charge in [-0.15, -0.1) is 0 Å². The molecule has 0 unspecified atom stereocenters. The Balaban J connectivity index is 0.000000116. The molecule has 0 amide bonds. The Hall–Kier alpha value is -3.82. The Kier molecular flexibility index (Phi) is 9.27. The molecule has 0 fully saturated rings. The van der Waals surface area contributed by atoms with Gasteiger partial charge in [0, 0.05) is 0 Å². The van der Waals surface area contributed by atoms with E-state index in [0.717, 1.165) is 17.2 Å². The lowest BCUT2D eigenvalue weighted by Gasteiger charge is -2.02. The maximum atomic E-state index is 2.18. The minimum Gasteiger partial charge on any atom is -0.0622 e. The third-order valence-corrected chi connectivity index (χ3v) is 8.60. The van der Waals surface area contributed by atoms with Gasteiger partial charge < -0.3 is 0 Å². The van der Waals surface area contributed by atoms with Crippen molar-refractivity contribution < 1.29 is 0 Å². The number of hydrogen-bond donors (Lipinski definition) is 0. The molecule has 0 radical (unpaired) electrons. The second-order valence-electron chi connectivity index (χ2n) is 8.81. The van der Waals surface area contributed by atoms with Crippen LogP contribution < -0.4 is 21.2 Å². The van der Waals surface area contributed by atoms with Crippen molar-refractivity contribution >= 4 is 38.4 Å². The standard InChI is InChI=1S/2C12H11P.C12H8/c2*1-3-7-11(8-4-1)13-12-9-5-2-6-10-12;1-2-6-10-9(5-1)11-7-3-4-8-12(10)11/h2*1-10,13H;1-8H. The molecule has 0 nitrogen and oxygen atoms in total. The fraction of sp³-hybridized carbons (Fsp3) is 0. The molecule has 0 saturated heterocycles. The maximum Gasteiger partial charge on any atom is -0.00990 e. The van der Waals surface area contributed by atoms with Crippen molar-refractivity contribution in [1.82, 2.24) is 0 Å². The lowest BCUT2D eigenvalue weighted by molar-refractivity contribution is 1.29. The molecule has 7 rings (SSSR count). The first kappa shape index (κ1) is 25.8. The SMILES string of the molecule is c1ccc(Pc2ccccc2)cc1.c1ccc(Pc2ccccc2)cc1.c1ccc2c(c1)=c1ccccc1=2. The van der Waals surface area contributed by atoms with Gasteiger partial charge in [0.2, 0.25) is 0 Å². The van der Waals surface area contributed by atoms with E-state index < -0.39 is 0 Å². The van der Waals surface area contributed by atoms with Crippen molar-refractivity contribution in [2.75, 3.05) is 0 Å². The summed E-state index contributed by atoms with van der Waals surface area (Å²) in [6.45, 7) is 0. The van der Waals surface area contributed by atoms with Crippen molar-refractivity contribution in [3.05, 3.63) is 191 Å². The van der Waals surface area contributed by atoms with Crippen molar-refractivity contribution in [1.29, 1.82) is 0 Å². The van der Waals surface area contributed by atoms with Gasteiger partial charge in [-0.2, -0.15) is 0 Å². The highest BCUT2D eigenvalue weighted by molar-refractivity contribution is 7.55. The fourth-order valence-corrected chi connectivity index (χ4v) is 6.37. The molecule has 0 spiro atoms. The van der Waals surface area contributed by atoms with Crippen LogP contribution >= 0.6 is 17.2 Å². The zero-order chi connectivity index (χ0) is 25.8. The summed E-state index contributed by atoms with van der Waals surface area (Å²) in [5.41, 5.74) is 0. The molecular weight excluding hydrogens is 494 g/mol. The van der Waals surface area contributed by atoms with Crippen LogP contribution in [0.25, 0.3) is 0 Å². The van der Waals surface area contributed by atoms with Crippen LogP contribution in [0.2, 0.25) is 0 Å². The molecular formula is C36H30P2. The molecule has 184 valence electrons. The Morgan fingerprint density at radius 3 is 0.605 bits per heavy atom. The molecule has 0 atom stereocenters. The van der Waals surface area contributed by atoms with Crippen LogP contribution in [0.1, 0.15) is 0 Å². The van der Waals surface area contributed by atoms with Crippen LogP contribution in [0, 0.1) is 20.9 Å². The molecule has 6 aromatic carbocycles. The van der Waals surface area contributed by atoms with E-state index in [9.17, 15) is 0 Å². The van der Waals surface area contributed by atoms with E-state index in [1.807, 2.05) is 0 Å². The van der Waals surface area contributed by atoms with E-state index in [2.05, 4.69) is 170 Å². The zero-order valence-corrected chi connectivity index (χ0v) is 23.2. The summed E-state index contributed by atoms with van der Waals surface area (Å²) in [6.07, 6.45) is 0. The molecule has 0 heterocycles. The summed E-state index contributed by atoms with van der Waals surface area (Å²) in [6, 6.07) is 59.4. The van der Waals surface area contributed by atoms with E-state index in [4.69, 9.17) is 0 Å². The number of rotatable bonds is 4. The first-order valence-electron chi connectivity index (χ1n) is 12.8. The quantitative estimate of drug-likeness (QED) is 0.214. The largest absolute Gasteiger partial charge is 0.0622 e. The lowest BCUT2D eigenvalue weighted by atomic mass is 10.0. The van der Waals surface area contributed by atoms with Gasteiger partial charge in [-0.1, -0.05) is 187 Å². The monoisotopic (exact) mass is 524 g/mol. The van der Waals surface area contributed by atoms with E-state index >= 15 is 0 Å². The maximum absolute atomic E-state index is 2.18. The number of hydrogen-bond acceptors (Lipinski definition) is 0. The fourth-order valence-electron chi connectivity index (χ4n) is 4.26. The van der Waals surface area contributed by atoms with Gasteiger partial charge in [0.1, 0.15) is 0 Å². The Labute approximate surface area is 228 Å². The van der Waals surface area contributed by atoms with Crippen LogP contribution in [-0.2, 0) is 0 Å². The molecule has 0 saturated carbocycles. The van der Waals surface area contributed by atoms with E-state index in [1.54, 1.807) is 0 Å². The van der Waals surface area contributed by atoms with Gasteiger partial charge in [0.15, 0.2) is 0 Å². The van der Waals surface area contributed by atoms with Crippen LogP contribution in [0.4, 0.5) is 0 Å². The Bertz CT molecular complexity index is 1450. The van der Waals surface area contributed by atoms with Gasteiger partial charge in [-0.05, 0) is 42.1 Å². The van der Waals surface area contributed by atoms with Crippen LogP contribution in [0.5, 0.6) is 0 Å². The molecule has 0 N–H and O–H groups in total. The van der Waals surface area contributed by atoms with Gasteiger partial charge in [-0.3, -0.25) is 0 Å². The zero-order valence-electron chi connectivity index (χ0n) is 21.2. The summed E-state index contributed by atoms with van der Waals surface area (Å²) in [5, 5.41) is 11.2. The lowest BCUT2D eigenvalue weighted by Crippen LogP contribution is -2.01. The highest BCUT2D eigenvalue weighted by Gasteiger charge is 1.98. The summed E-state index contributed by atoms with van der Waals surface area (Å²) in [5.74, 6) is 0. The number of fused-ring (bicyclic) bond motifs is 2. The van der Waals surface area contributed by atoms with Gasteiger partial charge in [0.05, 0.1) is 0 Å². The van der Waals surface area contributed by atoms with Gasteiger partial charge in [-0.25, -0.2) is 0 Å². The van der Waals surface area contributed by atoms with Gasteiger partial charge in [0.25, 0.3) is 0 Å². The van der Waals surface area contributed by atoms with Crippen LogP contribution in [0.3, 0.4) is 0 Å². The molecule has 6 aromatic rings. The van der Waals surface area contributed by atoms with Crippen LogP contribution in [-0.4, -0.2) is 0 Å². The molecule has 0 aliphatic heterocycles. The summed E-state index contributed by atoms with van der Waals surface area (Å²) in [4.78, 5) is 0. The van der Waals surface area contributed by atoms with Crippen molar-refractivity contribution in [2.24, 2.45) is 0 Å². The Morgan fingerprint density at radius 1 is 0.211 bits per heavy atom. The van der Waals surface area contributed by atoms with E-state index in [-0.39, 0.29) is 0 Å². The highest BCUT2D eigenvalue weighted by atomic mass is 31.1. The minimum atomic E-state index is 0.777. The second-order valence-corrected chi connectivity index (χ2v) is 11.6. The molecule has 0 aromatic heterocycles. The van der Waals surface area contributed by atoms with Crippen molar-refractivity contribution in [3.63, 3.8) is 0 Å². The van der Waals surface area contributed by atoms with E-state index in [1.165, 1.54) is 42.1 Å². The van der Waals surface area contributed by atoms with Crippen molar-refractivity contribution in [3.8, 4) is 0 Å². The van der Waals surface area contributed by atoms with Crippen LogP contribution in [0.15, 0.2) is 170 Å². The molecule has 38 heavy (non-hydrogen) atoms. The molecule has 2 heteroatoms. The smallest absolute Gasteiger partial charge is 0.00990 e. The summed E-state index contributed by atoms with van der Waals surface area (Å²) >= 11 is 0. The third kappa shape index (κ3) is 7.14. The highest BCUT2D eigenvalue weighted by Crippen LogP contribution is 2.12. The van der Waals surface area contributed by atoms with Gasteiger partial charge >= 0.3 is 0 Å². The summed E-state index contributed by atoms with van der Waals surface area (Å²) < 4.78 is 0. The third-order valence-electron chi connectivity index (χ3n) is 6.11. The first-order chi connectivity index (χ1) is 18.9. The van der Waals surface area contributed by atoms with Crippen molar-refractivity contribution in [2.45, 2.75) is 0 Å². The average Bonchev–Trinajstić information content (AvgIpc) is 2.99. The molecule has 0 bridgehead atoms. The second kappa shape index (κ2) is 13.6. The Morgan fingerprint density at radius 2 is 0.395 bits per heavy atom. The molecule has 1 aliphatic carbocycles. The minimum absolute atomic E-state index is 0.777. The average molecular weight is 525 g/mol. The normalized spacial score (nSPS) is 10.3. The number of benzene rings is 6. The topological polar surface area (TPSA) is 0 Å². The predicted molar refractivity (Wildman–Crippen MR) is 169 cm³/mol. The van der Waals surface area contributed by atoms with E-state index in [0.29, 0.717) is 0 Å². The summed E-state index contributed by atoms with van der Waals surface area (Å²) in [7, 11) is 1.55. The predicted octanol–water partition coefficient (Wildman–Crippen LogP) is 7.21.